The van der Waals surface area contributed by atoms with E-state index in [2.05, 4.69) is 4.74 Å². The Bertz CT molecular complexity index is 201. The number of nitrogens with zero attached hydrogens (tertiary/aromatic N) is 1. The SMILES string of the molecule is CC(C)(C)N1CC(=O)OC(=O)C1. The molecule has 0 atom stereocenters. The van der Waals surface area contributed by atoms with Gasteiger partial charge in [-0.15, -0.1) is 0 Å². The third kappa shape index (κ3) is 2.04. The average Bonchev–Trinajstić information content (AvgIpc) is 1.82. The largest absolute Gasteiger partial charge is 0.391 e. The number of esters is 2. The highest BCUT2D eigenvalue weighted by molar-refractivity contribution is 5.90. The summed E-state index contributed by atoms with van der Waals surface area (Å²) in [4.78, 5) is 23.5. The minimum Gasteiger partial charge on any atom is -0.391 e. The van der Waals surface area contributed by atoms with Crippen LogP contribution in [0, 0.1) is 0 Å². The van der Waals surface area contributed by atoms with Crippen molar-refractivity contribution in [1.82, 2.24) is 4.90 Å². The summed E-state index contributed by atoms with van der Waals surface area (Å²) < 4.78 is 4.39. The molecule has 1 aliphatic heterocycles. The van der Waals surface area contributed by atoms with Gasteiger partial charge in [0.05, 0.1) is 13.1 Å². The number of carbonyl (C=O) groups is 2. The number of cyclic esters (lactones) is 2. The lowest BCUT2D eigenvalue weighted by Crippen LogP contribution is -2.51. The monoisotopic (exact) mass is 171 g/mol. The van der Waals surface area contributed by atoms with Crippen molar-refractivity contribution in [3.05, 3.63) is 0 Å². The molecule has 1 heterocycles. The van der Waals surface area contributed by atoms with Gasteiger partial charge in [0, 0.05) is 5.54 Å². The van der Waals surface area contributed by atoms with E-state index in [1.165, 1.54) is 0 Å². The quantitative estimate of drug-likeness (QED) is 0.385. The van der Waals surface area contributed by atoms with Gasteiger partial charge in [-0.3, -0.25) is 14.5 Å². The molecule has 0 aromatic rings. The summed E-state index contributed by atoms with van der Waals surface area (Å²) in [5, 5.41) is 0. The molecule has 0 amide bonds. The van der Waals surface area contributed by atoms with Gasteiger partial charge in [-0.1, -0.05) is 0 Å². The molecule has 12 heavy (non-hydrogen) atoms. The zero-order valence-corrected chi connectivity index (χ0v) is 7.59. The van der Waals surface area contributed by atoms with Crippen LogP contribution in [-0.2, 0) is 14.3 Å². The maximum Gasteiger partial charge on any atom is 0.327 e. The van der Waals surface area contributed by atoms with Gasteiger partial charge < -0.3 is 4.74 Å². The molecule has 1 saturated heterocycles. The molecule has 0 aromatic heterocycles. The Hall–Kier alpha value is -0.900. The van der Waals surface area contributed by atoms with Crippen molar-refractivity contribution >= 4 is 11.9 Å². The van der Waals surface area contributed by atoms with E-state index in [0.717, 1.165) is 0 Å². The molecule has 4 nitrogen and oxygen atoms in total. The molecule has 0 bridgehead atoms. The van der Waals surface area contributed by atoms with E-state index in [1.54, 1.807) is 4.90 Å². The van der Waals surface area contributed by atoms with Gasteiger partial charge in [-0.2, -0.15) is 0 Å². The molecule has 0 N–H and O–H groups in total. The molecule has 68 valence electrons. The standard InChI is InChI=1S/C8H13NO3/c1-8(2,3)9-4-6(10)12-7(11)5-9/h4-5H2,1-3H3. The summed E-state index contributed by atoms with van der Waals surface area (Å²) in [7, 11) is 0. The van der Waals surface area contributed by atoms with Crippen LogP contribution < -0.4 is 0 Å². The molecule has 1 rings (SSSR count). The van der Waals surface area contributed by atoms with Gasteiger partial charge in [-0.05, 0) is 20.8 Å². The van der Waals surface area contributed by atoms with Gasteiger partial charge in [-0.25, -0.2) is 0 Å². The maximum atomic E-state index is 10.8. The van der Waals surface area contributed by atoms with Crippen LogP contribution in [0.25, 0.3) is 0 Å². The van der Waals surface area contributed by atoms with Crippen molar-refractivity contribution in [1.29, 1.82) is 0 Å². The third-order valence-corrected chi connectivity index (χ3v) is 1.82. The second-order valence-electron chi connectivity index (χ2n) is 3.87. The molecule has 0 radical (unpaired) electrons. The third-order valence-electron chi connectivity index (χ3n) is 1.82. The molecule has 0 unspecified atom stereocenters. The Balaban J connectivity index is 2.68. The predicted molar refractivity (Wildman–Crippen MR) is 42.4 cm³/mol. The Morgan fingerprint density at radius 2 is 1.58 bits per heavy atom. The van der Waals surface area contributed by atoms with Crippen LogP contribution in [0.1, 0.15) is 20.8 Å². The Labute approximate surface area is 71.5 Å². The van der Waals surface area contributed by atoms with Gasteiger partial charge in [0.2, 0.25) is 0 Å². The molecule has 0 saturated carbocycles. The molecular weight excluding hydrogens is 158 g/mol. The highest BCUT2D eigenvalue weighted by Gasteiger charge is 2.31. The van der Waals surface area contributed by atoms with Crippen molar-refractivity contribution in [2.45, 2.75) is 26.3 Å². The van der Waals surface area contributed by atoms with Crippen molar-refractivity contribution in [3.63, 3.8) is 0 Å². The smallest absolute Gasteiger partial charge is 0.327 e. The summed E-state index contributed by atoms with van der Waals surface area (Å²) in [5.74, 6) is -0.914. The molecule has 4 heteroatoms. The van der Waals surface area contributed by atoms with Crippen LogP contribution in [-0.4, -0.2) is 35.5 Å². The zero-order chi connectivity index (χ0) is 9.35. The molecule has 0 aliphatic carbocycles. The lowest BCUT2D eigenvalue weighted by atomic mass is 10.1. The number of rotatable bonds is 0. The van der Waals surface area contributed by atoms with E-state index in [0.29, 0.717) is 0 Å². The Morgan fingerprint density at radius 1 is 1.17 bits per heavy atom. The maximum absolute atomic E-state index is 10.8. The van der Waals surface area contributed by atoms with E-state index in [-0.39, 0.29) is 18.6 Å². The molecule has 0 spiro atoms. The predicted octanol–water partition coefficient (Wildman–Crippen LogP) is 0.170. The summed E-state index contributed by atoms with van der Waals surface area (Å²) >= 11 is 0. The second-order valence-corrected chi connectivity index (χ2v) is 3.87. The molecular formula is C8H13NO3. The normalized spacial score (nSPS) is 20.9. The Morgan fingerprint density at radius 3 is 1.92 bits per heavy atom. The first-order valence-corrected chi connectivity index (χ1v) is 3.88. The fraction of sp³-hybridized carbons (Fsp3) is 0.750. The van der Waals surface area contributed by atoms with Crippen LogP contribution in [0.2, 0.25) is 0 Å². The van der Waals surface area contributed by atoms with Crippen molar-refractivity contribution in [2.24, 2.45) is 0 Å². The number of ether oxygens (including phenoxy) is 1. The van der Waals surface area contributed by atoms with Crippen LogP contribution >= 0.6 is 0 Å². The second kappa shape index (κ2) is 2.86. The molecule has 1 fully saturated rings. The van der Waals surface area contributed by atoms with E-state index in [4.69, 9.17) is 0 Å². The lowest BCUT2D eigenvalue weighted by Gasteiger charge is -2.35. The zero-order valence-electron chi connectivity index (χ0n) is 7.59. The number of morpholine rings is 1. The van der Waals surface area contributed by atoms with Crippen molar-refractivity contribution < 1.29 is 14.3 Å². The first-order chi connectivity index (χ1) is 5.39. The van der Waals surface area contributed by atoms with Gasteiger partial charge in [0.1, 0.15) is 0 Å². The fourth-order valence-electron chi connectivity index (χ4n) is 1.03. The summed E-state index contributed by atoms with van der Waals surface area (Å²) in [6.45, 7) is 6.28. The molecule has 0 aromatic carbocycles. The van der Waals surface area contributed by atoms with Crippen LogP contribution in [0.3, 0.4) is 0 Å². The van der Waals surface area contributed by atoms with Crippen LogP contribution in [0.15, 0.2) is 0 Å². The van der Waals surface area contributed by atoms with E-state index in [1.807, 2.05) is 20.8 Å². The molecule has 1 aliphatic rings. The minimum atomic E-state index is -0.457. The van der Waals surface area contributed by atoms with Gasteiger partial charge in [0.15, 0.2) is 0 Å². The first kappa shape index (κ1) is 9.19. The average molecular weight is 171 g/mol. The van der Waals surface area contributed by atoms with Gasteiger partial charge >= 0.3 is 11.9 Å². The number of carbonyl (C=O) groups excluding carboxylic acids is 2. The highest BCUT2D eigenvalue weighted by Crippen LogP contribution is 2.15. The fourth-order valence-corrected chi connectivity index (χ4v) is 1.03. The van der Waals surface area contributed by atoms with E-state index in [9.17, 15) is 9.59 Å². The summed E-state index contributed by atoms with van der Waals surface area (Å²) in [6.07, 6.45) is 0. The van der Waals surface area contributed by atoms with Crippen LogP contribution in [0.4, 0.5) is 0 Å². The van der Waals surface area contributed by atoms with E-state index < -0.39 is 11.9 Å². The van der Waals surface area contributed by atoms with Crippen molar-refractivity contribution in [3.8, 4) is 0 Å². The minimum absolute atomic E-state index is 0.158. The first-order valence-electron chi connectivity index (χ1n) is 3.88. The van der Waals surface area contributed by atoms with Gasteiger partial charge in [0.25, 0.3) is 0 Å². The summed E-state index contributed by atoms with van der Waals surface area (Å²) in [5.41, 5.74) is -0.158. The number of hydrogen-bond acceptors (Lipinski definition) is 4. The number of hydrogen-bond donors (Lipinski definition) is 0. The highest BCUT2D eigenvalue weighted by atomic mass is 16.6. The lowest BCUT2D eigenvalue weighted by molar-refractivity contribution is -0.169. The summed E-state index contributed by atoms with van der Waals surface area (Å²) in [6, 6.07) is 0. The topological polar surface area (TPSA) is 46.6 Å². The Kier molecular flexibility index (Phi) is 2.19. The van der Waals surface area contributed by atoms with Crippen LogP contribution in [0.5, 0.6) is 0 Å². The van der Waals surface area contributed by atoms with E-state index >= 15 is 0 Å². The van der Waals surface area contributed by atoms with Crippen molar-refractivity contribution in [2.75, 3.05) is 13.1 Å².